The van der Waals surface area contributed by atoms with Crippen molar-refractivity contribution in [2.75, 3.05) is 13.1 Å². The Balaban J connectivity index is 1.30. The molecule has 2 heterocycles. The molecular weight excluding hydrogens is 474 g/mol. The summed E-state index contributed by atoms with van der Waals surface area (Å²) in [5.41, 5.74) is 4.99. The van der Waals surface area contributed by atoms with Crippen LogP contribution in [0.3, 0.4) is 0 Å². The van der Waals surface area contributed by atoms with E-state index >= 15 is 0 Å². The van der Waals surface area contributed by atoms with Gasteiger partial charge in [-0.2, -0.15) is 0 Å². The number of aliphatic hydroxyl groups excluding tert-OH is 1. The van der Waals surface area contributed by atoms with Gasteiger partial charge in [0.25, 0.3) is 0 Å². The SMILES string of the molecule is CC(=CC=C[C@@H](C)CC/C=C(/C)C[C@H]1OC(=O)C(C)=C1O)CCCC1=CCN(CCc2ccccc2)C1=O. The highest BCUT2D eigenvalue weighted by Crippen LogP contribution is 2.25. The van der Waals surface area contributed by atoms with Gasteiger partial charge in [0.15, 0.2) is 6.10 Å². The van der Waals surface area contributed by atoms with Gasteiger partial charge in [-0.1, -0.05) is 78.8 Å². The molecular formula is C33H43NO4. The number of benzene rings is 1. The van der Waals surface area contributed by atoms with E-state index in [-0.39, 0.29) is 11.7 Å². The van der Waals surface area contributed by atoms with Crippen molar-refractivity contribution in [2.45, 2.75) is 78.7 Å². The van der Waals surface area contributed by atoms with Gasteiger partial charge in [0.2, 0.25) is 5.91 Å². The number of rotatable bonds is 14. The van der Waals surface area contributed by atoms with Gasteiger partial charge < -0.3 is 14.7 Å². The molecule has 38 heavy (non-hydrogen) atoms. The molecule has 0 aliphatic carbocycles. The lowest BCUT2D eigenvalue weighted by atomic mass is 10.0. The van der Waals surface area contributed by atoms with E-state index in [4.69, 9.17) is 4.74 Å². The fraction of sp³-hybridized carbons (Fsp3) is 0.455. The molecule has 0 fully saturated rings. The van der Waals surface area contributed by atoms with Crippen LogP contribution in [-0.2, 0) is 20.7 Å². The first-order valence-corrected chi connectivity index (χ1v) is 13.9. The lowest BCUT2D eigenvalue weighted by Crippen LogP contribution is -2.29. The van der Waals surface area contributed by atoms with Crippen LogP contribution in [0.5, 0.6) is 0 Å². The zero-order chi connectivity index (χ0) is 27.5. The first-order chi connectivity index (χ1) is 18.2. The average Bonchev–Trinajstić information content (AvgIpc) is 3.36. The molecule has 0 aromatic heterocycles. The second-order valence-electron chi connectivity index (χ2n) is 10.7. The van der Waals surface area contributed by atoms with Crippen molar-refractivity contribution >= 4 is 11.9 Å². The Bertz CT molecular complexity index is 1120. The van der Waals surface area contributed by atoms with Gasteiger partial charge in [0.05, 0.1) is 5.57 Å². The van der Waals surface area contributed by atoms with Crippen LogP contribution < -0.4 is 0 Å². The fourth-order valence-electron chi connectivity index (χ4n) is 4.78. The predicted octanol–water partition coefficient (Wildman–Crippen LogP) is 7.18. The maximum atomic E-state index is 12.7. The van der Waals surface area contributed by atoms with Gasteiger partial charge in [-0.3, -0.25) is 4.79 Å². The smallest absolute Gasteiger partial charge is 0.338 e. The largest absolute Gasteiger partial charge is 0.508 e. The Labute approximate surface area is 228 Å². The third-order valence-electron chi connectivity index (χ3n) is 7.34. The molecule has 2 aliphatic rings. The van der Waals surface area contributed by atoms with Crippen molar-refractivity contribution in [3.05, 3.63) is 94.3 Å². The number of carbonyl (C=O) groups is 2. The molecule has 2 atom stereocenters. The van der Waals surface area contributed by atoms with Crippen molar-refractivity contribution in [1.29, 1.82) is 0 Å². The molecule has 5 heteroatoms. The summed E-state index contributed by atoms with van der Waals surface area (Å²) in [7, 11) is 0. The molecule has 0 saturated heterocycles. The number of ether oxygens (including phenoxy) is 1. The number of allylic oxidation sites excluding steroid dienone is 5. The van der Waals surface area contributed by atoms with E-state index in [1.807, 2.05) is 30.0 Å². The molecule has 0 saturated carbocycles. The first-order valence-electron chi connectivity index (χ1n) is 13.9. The van der Waals surface area contributed by atoms with Gasteiger partial charge in [0.1, 0.15) is 5.76 Å². The number of nitrogens with zero attached hydrogens (tertiary/aromatic N) is 1. The van der Waals surface area contributed by atoms with Gasteiger partial charge in [-0.25, -0.2) is 4.79 Å². The van der Waals surface area contributed by atoms with E-state index in [0.717, 1.165) is 62.8 Å². The summed E-state index contributed by atoms with van der Waals surface area (Å²) >= 11 is 0. The lowest BCUT2D eigenvalue weighted by Gasteiger charge is -2.16. The Kier molecular flexibility index (Phi) is 11.2. The summed E-state index contributed by atoms with van der Waals surface area (Å²) in [6.45, 7) is 9.48. The summed E-state index contributed by atoms with van der Waals surface area (Å²) in [5, 5.41) is 9.99. The zero-order valence-electron chi connectivity index (χ0n) is 23.4. The molecule has 1 N–H and O–H groups in total. The molecule has 1 aromatic rings. The van der Waals surface area contributed by atoms with E-state index in [2.05, 4.69) is 56.4 Å². The maximum absolute atomic E-state index is 12.7. The second-order valence-corrected chi connectivity index (χ2v) is 10.7. The third kappa shape index (κ3) is 8.90. The van der Waals surface area contributed by atoms with Crippen LogP contribution in [0.4, 0.5) is 0 Å². The number of hydrogen-bond donors (Lipinski definition) is 1. The Morgan fingerprint density at radius 1 is 1.16 bits per heavy atom. The molecule has 1 amide bonds. The topological polar surface area (TPSA) is 66.8 Å². The van der Waals surface area contributed by atoms with E-state index in [9.17, 15) is 14.7 Å². The van der Waals surface area contributed by atoms with E-state index in [0.29, 0.717) is 17.9 Å². The number of hydrogen-bond acceptors (Lipinski definition) is 4. The van der Waals surface area contributed by atoms with Gasteiger partial charge >= 0.3 is 5.97 Å². The molecule has 3 rings (SSSR count). The highest BCUT2D eigenvalue weighted by molar-refractivity contribution is 5.95. The molecule has 0 unspecified atom stereocenters. The van der Waals surface area contributed by atoms with Crippen molar-refractivity contribution in [2.24, 2.45) is 5.92 Å². The number of amides is 1. The third-order valence-corrected chi connectivity index (χ3v) is 7.34. The summed E-state index contributed by atoms with van der Waals surface area (Å²) in [6, 6.07) is 10.3. The summed E-state index contributed by atoms with van der Waals surface area (Å²) < 4.78 is 5.21. The minimum absolute atomic E-state index is 0.0635. The average molecular weight is 518 g/mol. The van der Waals surface area contributed by atoms with Crippen LogP contribution in [0.1, 0.15) is 71.8 Å². The fourth-order valence-corrected chi connectivity index (χ4v) is 4.78. The quantitative estimate of drug-likeness (QED) is 0.161. The second kappa shape index (κ2) is 14.6. The van der Waals surface area contributed by atoms with E-state index in [1.165, 1.54) is 11.1 Å². The summed E-state index contributed by atoms with van der Waals surface area (Å²) in [6.07, 6.45) is 16.5. The van der Waals surface area contributed by atoms with Crippen LogP contribution in [0, 0.1) is 5.92 Å². The van der Waals surface area contributed by atoms with Gasteiger partial charge in [-0.15, -0.1) is 0 Å². The molecule has 5 nitrogen and oxygen atoms in total. The Hall–Kier alpha value is -3.34. The Morgan fingerprint density at radius 3 is 2.63 bits per heavy atom. The monoisotopic (exact) mass is 517 g/mol. The lowest BCUT2D eigenvalue weighted by molar-refractivity contribution is -0.140. The molecule has 0 spiro atoms. The zero-order valence-corrected chi connectivity index (χ0v) is 23.4. The maximum Gasteiger partial charge on any atom is 0.338 e. The Morgan fingerprint density at radius 2 is 1.92 bits per heavy atom. The standard InChI is InChI=1S/C33H43NO4/c1-24(13-9-15-26(3)23-30-31(35)27(4)33(37)38-30)11-8-12-25(2)14-10-18-29-20-22-34(32(29)36)21-19-28-16-6-5-7-17-28/h5-8,11-12,15-17,20,24,30,35H,9-10,13-14,18-19,21-23H2,1-4H3/b11-8?,25-12?,26-15-/t24-,30-/m1/s1. The highest BCUT2D eigenvalue weighted by atomic mass is 16.6. The predicted molar refractivity (Wildman–Crippen MR) is 154 cm³/mol. The summed E-state index contributed by atoms with van der Waals surface area (Å²) in [4.78, 5) is 26.2. The van der Waals surface area contributed by atoms with Crippen molar-refractivity contribution in [3.63, 3.8) is 0 Å². The van der Waals surface area contributed by atoms with Crippen LogP contribution in [0.2, 0.25) is 0 Å². The minimum Gasteiger partial charge on any atom is -0.508 e. The summed E-state index contributed by atoms with van der Waals surface area (Å²) in [5.74, 6) is 0.292. The number of esters is 1. The highest BCUT2D eigenvalue weighted by Gasteiger charge is 2.31. The molecule has 0 radical (unpaired) electrons. The van der Waals surface area contributed by atoms with Crippen LogP contribution >= 0.6 is 0 Å². The van der Waals surface area contributed by atoms with E-state index < -0.39 is 12.1 Å². The molecule has 204 valence electrons. The number of aliphatic hydroxyl groups is 1. The van der Waals surface area contributed by atoms with E-state index in [1.54, 1.807) is 6.92 Å². The van der Waals surface area contributed by atoms with Crippen LogP contribution in [0.25, 0.3) is 0 Å². The van der Waals surface area contributed by atoms with Gasteiger partial charge in [0, 0.05) is 25.1 Å². The van der Waals surface area contributed by atoms with Gasteiger partial charge in [-0.05, 0) is 70.8 Å². The first kappa shape index (κ1) is 29.2. The molecule has 2 aliphatic heterocycles. The number of carbonyl (C=O) groups excluding carboxylic acids is 2. The normalized spacial score (nSPS) is 19.5. The molecule has 1 aromatic carbocycles. The minimum atomic E-state index is -0.536. The van der Waals surface area contributed by atoms with Crippen LogP contribution in [0.15, 0.2) is 88.8 Å². The molecule has 0 bridgehead atoms. The van der Waals surface area contributed by atoms with Crippen molar-refractivity contribution < 1.29 is 19.4 Å². The van der Waals surface area contributed by atoms with Crippen LogP contribution in [-0.4, -0.2) is 41.1 Å². The van der Waals surface area contributed by atoms with Crippen molar-refractivity contribution in [3.8, 4) is 0 Å². The number of cyclic esters (lactones) is 1. The van der Waals surface area contributed by atoms with Crippen molar-refractivity contribution in [1.82, 2.24) is 4.90 Å².